The van der Waals surface area contributed by atoms with Crippen LogP contribution in [0.15, 0.2) is 48.7 Å². The smallest absolute Gasteiger partial charge is 0.229 e. The SMILES string of the molecule is CN1C[C@@H]2C[C@H]1CN2c1ccc(Nc2ncc3c(n2)N(c2cccc(C(C)(C)O)n2)[C@@H]2CC(C)(C)OC[C@]32C)cc1. The second-order valence-corrected chi connectivity index (χ2v) is 13.7. The first kappa shape index (κ1) is 26.6. The molecule has 0 amide bonds. The predicted octanol–water partition coefficient (Wildman–Crippen LogP) is 4.71. The molecule has 41 heavy (non-hydrogen) atoms. The van der Waals surface area contributed by atoms with Gasteiger partial charge in [-0.25, -0.2) is 9.97 Å². The van der Waals surface area contributed by atoms with Crippen molar-refractivity contribution in [3.05, 3.63) is 59.9 Å². The lowest BCUT2D eigenvalue weighted by Gasteiger charge is -2.46. The van der Waals surface area contributed by atoms with Gasteiger partial charge in [-0.2, -0.15) is 4.98 Å². The van der Waals surface area contributed by atoms with Crippen molar-refractivity contribution < 1.29 is 9.84 Å². The van der Waals surface area contributed by atoms with Crippen molar-refractivity contribution >= 4 is 29.0 Å². The van der Waals surface area contributed by atoms with Gasteiger partial charge in [-0.1, -0.05) is 13.0 Å². The third-order valence-electron chi connectivity index (χ3n) is 9.68. The van der Waals surface area contributed by atoms with Crippen LogP contribution in [0, 0.1) is 0 Å². The average Bonchev–Trinajstić information content (AvgIpc) is 3.57. The first-order chi connectivity index (χ1) is 19.4. The summed E-state index contributed by atoms with van der Waals surface area (Å²) in [5, 5.41) is 14.2. The van der Waals surface area contributed by atoms with Crippen LogP contribution in [0.2, 0.25) is 0 Å². The summed E-state index contributed by atoms with van der Waals surface area (Å²) in [6, 6.07) is 15.8. The van der Waals surface area contributed by atoms with Crippen LogP contribution in [0.1, 0.15) is 58.7 Å². The fraction of sp³-hybridized carbons (Fsp3) is 0.531. The number of likely N-dealkylation sites (tertiary alicyclic amines) is 1. The van der Waals surface area contributed by atoms with E-state index in [0.717, 1.165) is 42.4 Å². The Morgan fingerprint density at radius 1 is 1.02 bits per heavy atom. The lowest BCUT2D eigenvalue weighted by Crippen LogP contribution is -2.54. The molecule has 3 fully saturated rings. The Bertz CT molecular complexity index is 1470. The molecule has 0 spiro atoms. The number of rotatable bonds is 5. The highest BCUT2D eigenvalue weighted by Gasteiger charge is 2.55. The van der Waals surface area contributed by atoms with Crippen LogP contribution in [-0.2, 0) is 15.8 Å². The van der Waals surface area contributed by atoms with Crippen LogP contribution in [0.3, 0.4) is 0 Å². The number of pyridine rings is 1. The summed E-state index contributed by atoms with van der Waals surface area (Å²) in [7, 11) is 2.23. The molecule has 2 N–H and O–H groups in total. The number of fused-ring (bicyclic) bond motifs is 5. The molecular weight excluding hydrogens is 514 g/mol. The Kier molecular flexibility index (Phi) is 5.92. The van der Waals surface area contributed by atoms with E-state index < -0.39 is 5.60 Å². The van der Waals surface area contributed by atoms with E-state index in [1.807, 2.05) is 24.4 Å². The number of nitrogens with one attached hydrogen (secondary N) is 1. The van der Waals surface area contributed by atoms with Gasteiger partial charge in [-0.15, -0.1) is 0 Å². The first-order valence-corrected chi connectivity index (χ1v) is 14.8. The molecule has 1 aromatic carbocycles. The molecule has 3 aromatic rings. The molecule has 0 radical (unpaired) electrons. The molecular formula is C32H41N7O2. The van der Waals surface area contributed by atoms with Crippen LogP contribution in [0.25, 0.3) is 0 Å². The van der Waals surface area contributed by atoms with Gasteiger partial charge in [0.05, 0.1) is 23.9 Å². The second kappa shape index (κ2) is 9.11. The van der Waals surface area contributed by atoms with Gasteiger partial charge in [0, 0.05) is 53.7 Å². The van der Waals surface area contributed by atoms with Crippen LogP contribution in [0.5, 0.6) is 0 Å². The summed E-state index contributed by atoms with van der Waals surface area (Å²) in [4.78, 5) is 22.0. The van der Waals surface area contributed by atoms with Gasteiger partial charge < -0.3 is 25.0 Å². The minimum atomic E-state index is -1.05. The van der Waals surface area contributed by atoms with E-state index in [0.29, 0.717) is 30.3 Å². The van der Waals surface area contributed by atoms with Crippen LogP contribution in [-0.4, -0.2) is 75.4 Å². The molecule has 9 heteroatoms. The van der Waals surface area contributed by atoms with Crippen molar-refractivity contribution in [2.75, 3.05) is 41.9 Å². The van der Waals surface area contributed by atoms with Crippen LogP contribution >= 0.6 is 0 Å². The molecule has 3 saturated heterocycles. The third-order valence-corrected chi connectivity index (χ3v) is 9.68. The molecule has 0 aliphatic carbocycles. The summed E-state index contributed by atoms with van der Waals surface area (Å²) >= 11 is 0. The van der Waals surface area contributed by atoms with E-state index in [2.05, 4.69) is 72.1 Å². The molecule has 4 atom stereocenters. The lowest BCUT2D eigenvalue weighted by atomic mass is 9.73. The normalized spacial score (nSPS) is 28.6. The van der Waals surface area contributed by atoms with Crippen molar-refractivity contribution in [3.63, 3.8) is 0 Å². The van der Waals surface area contributed by atoms with Gasteiger partial charge in [-0.05, 0) is 84.0 Å². The Morgan fingerprint density at radius 3 is 2.49 bits per heavy atom. The molecule has 7 rings (SSSR count). The fourth-order valence-electron chi connectivity index (χ4n) is 7.21. The maximum absolute atomic E-state index is 10.7. The van der Waals surface area contributed by atoms with Crippen LogP contribution in [0.4, 0.5) is 29.0 Å². The highest BCUT2D eigenvalue weighted by molar-refractivity contribution is 5.71. The Morgan fingerprint density at radius 2 is 1.80 bits per heavy atom. The highest BCUT2D eigenvalue weighted by Crippen LogP contribution is 2.53. The molecule has 9 nitrogen and oxygen atoms in total. The Balaban J connectivity index is 1.21. The van der Waals surface area contributed by atoms with Gasteiger partial charge in [-0.3, -0.25) is 4.90 Å². The highest BCUT2D eigenvalue weighted by atomic mass is 16.5. The van der Waals surface area contributed by atoms with E-state index in [-0.39, 0.29) is 17.1 Å². The summed E-state index contributed by atoms with van der Waals surface area (Å²) < 4.78 is 6.34. The molecule has 2 bridgehead atoms. The van der Waals surface area contributed by atoms with E-state index >= 15 is 0 Å². The number of nitrogens with zero attached hydrogens (tertiary/aromatic N) is 6. The summed E-state index contributed by atoms with van der Waals surface area (Å²) in [6.45, 7) is 12.9. The zero-order valence-corrected chi connectivity index (χ0v) is 24.9. The van der Waals surface area contributed by atoms with E-state index in [4.69, 9.17) is 19.7 Å². The van der Waals surface area contributed by atoms with Gasteiger partial charge in [0.1, 0.15) is 17.2 Å². The molecule has 4 aliphatic heterocycles. The minimum Gasteiger partial charge on any atom is -0.384 e. The number of piperazine rings is 1. The fourth-order valence-corrected chi connectivity index (χ4v) is 7.21. The lowest BCUT2D eigenvalue weighted by molar-refractivity contribution is -0.0893. The molecule has 6 heterocycles. The van der Waals surface area contributed by atoms with Gasteiger partial charge in [0.2, 0.25) is 5.95 Å². The monoisotopic (exact) mass is 555 g/mol. The van der Waals surface area contributed by atoms with E-state index in [1.165, 1.54) is 12.1 Å². The van der Waals surface area contributed by atoms with E-state index in [9.17, 15) is 5.11 Å². The van der Waals surface area contributed by atoms with Crippen molar-refractivity contribution in [2.45, 2.75) is 82.2 Å². The standard InChI is InChI=1S/C32H41N7O2/c1-30(2)15-26-32(5,19-41-30)24-16-33-29(36-28(24)39(26)27-9-7-8-25(35-27)31(3,4)40)34-20-10-12-21(13-11-20)38-18-22-14-23(38)17-37(22)6/h7-13,16,22-23,26,40H,14-15,17-19H2,1-6H3,(H,33,34,36)/t22-,23-,26+,32+/m0/s1. The molecule has 2 aromatic heterocycles. The molecule has 0 saturated carbocycles. The van der Waals surface area contributed by atoms with Crippen LogP contribution < -0.4 is 15.1 Å². The largest absolute Gasteiger partial charge is 0.384 e. The van der Waals surface area contributed by atoms with Gasteiger partial charge >= 0.3 is 0 Å². The van der Waals surface area contributed by atoms with Crippen molar-refractivity contribution in [1.82, 2.24) is 19.9 Å². The minimum absolute atomic E-state index is 0.0875. The zero-order chi connectivity index (χ0) is 28.7. The van der Waals surface area contributed by atoms with Crippen molar-refractivity contribution in [1.29, 1.82) is 0 Å². The molecule has 4 aliphatic rings. The molecule has 216 valence electrons. The average molecular weight is 556 g/mol. The maximum atomic E-state index is 10.7. The third kappa shape index (κ3) is 4.45. The Hall–Kier alpha value is -3.27. The van der Waals surface area contributed by atoms with Crippen molar-refractivity contribution in [2.24, 2.45) is 0 Å². The zero-order valence-electron chi connectivity index (χ0n) is 24.9. The summed E-state index contributed by atoms with van der Waals surface area (Å²) in [5.41, 5.74) is 2.29. The first-order valence-electron chi connectivity index (χ1n) is 14.8. The number of aromatic nitrogens is 3. The molecule has 0 unspecified atom stereocenters. The summed E-state index contributed by atoms with van der Waals surface area (Å²) in [6.07, 6.45) is 4.02. The van der Waals surface area contributed by atoms with Gasteiger partial charge in [0.25, 0.3) is 0 Å². The van der Waals surface area contributed by atoms with Gasteiger partial charge in [0.15, 0.2) is 0 Å². The number of aliphatic hydroxyl groups is 1. The number of hydrogen-bond acceptors (Lipinski definition) is 9. The topological polar surface area (TPSA) is 89.9 Å². The van der Waals surface area contributed by atoms with E-state index in [1.54, 1.807) is 13.8 Å². The second-order valence-electron chi connectivity index (χ2n) is 13.7. The number of benzene rings is 1. The van der Waals surface area contributed by atoms with Crippen molar-refractivity contribution in [3.8, 4) is 0 Å². The summed E-state index contributed by atoms with van der Waals surface area (Å²) in [5.74, 6) is 2.16. The number of ether oxygens (including phenoxy) is 1. The quantitative estimate of drug-likeness (QED) is 0.464. The predicted molar refractivity (Wildman–Crippen MR) is 161 cm³/mol. The number of anilines is 5. The Labute approximate surface area is 242 Å². The maximum Gasteiger partial charge on any atom is 0.229 e. The number of hydrogen-bond donors (Lipinski definition) is 2. The number of likely N-dealkylation sites (N-methyl/N-ethyl adjacent to an activating group) is 1.